The van der Waals surface area contributed by atoms with Crippen LogP contribution in [0.2, 0.25) is 5.02 Å². The van der Waals surface area contributed by atoms with Crippen molar-refractivity contribution in [2.24, 2.45) is 0 Å². The summed E-state index contributed by atoms with van der Waals surface area (Å²) in [7, 11) is 0. The molecule has 0 fully saturated rings. The summed E-state index contributed by atoms with van der Waals surface area (Å²) in [5.41, 5.74) is 4.82. The van der Waals surface area contributed by atoms with Gasteiger partial charge in [0.15, 0.2) is 5.65 Å². The quantitative estimate of drug-likeness (QED) is 0.510. The van der Waals surface area contributed by atoms with Crippen LogP contribution >= 0.6 is 11.6 Å². The Hall–Kier alpha value is -2.89. The topological polar surface area (TPSA) is 63.0 Å². The number of aryl methyl sites for hydroxylation is 1. The number of benzene rings is 2. The van der Waals surface area contributed by atoms with Crippen molar-refractivity contribution in [1.82, 2.24) is 14.5 Å². The van der Waals surface area contributed by atoms with Crippen molar-refractivity contribution >= 4 is 28.5 Å². The summed E-state index contributed by atoms with van der Waals surface area (Å²) in [6.07, 6.45) is 3.11. The SMILES string of the molecule is Cc1ccc(-n2cc(-c3ccccc3)c3c(NC[C@H](C)O)ncnc32)cc1Cl. The highest BCUT2D eigenvalue weighted by Crippen LogP contribution is 2.35. The van der Waals surface area contributed by atoms with Crippen LogP contribution in [0.1, 0.15) is 12.5 Å². The van der Waals surface area contributed by atoms with E-state index < -0.39 is 6.10 Å². The average molecular weight is 393 g/mol. The molecule has 0 bridgehead atoms. The zero-order valence-corrected chi connectivity index (χ0v) is 16.5. The Morgan fingerprint density at radius 3 is 2.64 bits per heavy atom. The number of hydrogen-bond acceptors (Lipinski definition) is 4. The number of anilines is 1. The predicted octanol–water partition coefficient (Wildman–Crippen LogP) is 4.84. The molecular weight excluding hydrogens is 372 g/mol. The third kappa shape index (κ3) is 3.46. The minimum absolute atomic E-state index is 0.405. The molecule has 2 aromatic carbocycles. The van der Waals surface area contributed by atoms with E-state index in [0.717, 1.165) is 33.4 Å². The highest BCUT2D eigenvalue weighted by atomic mass is 35.5. The Morgan fingerprint density at radius 1 is 1.14 bits per heavy atom. The van der Waals surface area contributed by atoms with Gasteiger partial charge in [0, 0.05) is 29.0 Å². The van der Waals surface area contributed by atoms with Gasteiger partial charge in [-0.3, -0.25) is 0 Å². The lowest BCUT2D eigenvalue weighted by Gasteiger charge is -2.10. The van der Waals surface area contributed by atoms with Crippen molar-refractivity contribution in [3.05, 3.63) is 71.6 Å². The third-order valence-corrected chi connectivity index (χ3v) is 5.07. The van der Waals surface area contributed by atoms with Crippen molar-refractivity contribution in [2.45, 2.75) is 20.0 Å². The smallest absolute Gasteiger partial charge is 0.150 e. The summed E-state index contributed by atoms with van der Waals surface area (Å²) in [4.78, 5) is 8.98. The summed E-state index contributed by atoms with van der Waals surface area (Å²) in [6, 6.07) is 16.1. The second-order valence-corrected chi connectivity index (χ2v) is 7.27. The summed E-state index contributed by atoms with van der Waals surface area (Å²) < 4.78 is 2.03. The van der Waals surface area contributed by atoms with E-state index in [1.54, 1.807) is 6.92 Å². The van der Waals surface area contributed by atoms with Gasteiger partial charge in [0.2, 0.25) is 0 Å². The number of nitrogens with zero attached hydrogens (tertiary/aromatic N) is 3. The van der Waals surface area contributed by atoms with Crippen LogP contribution in [0, 0.1) is 6.92 Å². The second-order valence-electron chi connectivity index (χ2n) is 6.86. The van der Waals surface area contributed by atoms with Gasteiger partial charge in [-0.1, -0.05) is 48.0 Å². The van der Waals surface area contributed by atoms with E-state index in [9.17, 15) is 5.11 Å². The highest BCUT2D eigenvalue weighted by molar-refractivity contribution is 6.31. The molecular formula is C22H21ClN4O. The molecule has 0 saturated carbocycles. The van der Waals surface area contributed by atoms with E-state index in [4.69, 9.17) is 11.6 Å². The number of aliphatic hydroxyl groups excluding tert-OH is 1. The van der Waals surface area contributed by atoms with Crippen LogP contribution < -0.4 is 5.32 Å². The number of nitrogens with one attached hydrogen (secondary N) is 1. The zero-order valence-electron chi connectivity index (χ0n) is 15.7. The first kappa shape index (κ1) is 18.5. The van der Waals surface area contributed by atoms with E-state index >= 15 is 0 Å². The maximum absolute atomic E-state index is 9.69. The Morgan fingerprint density at radius 2 is 1.93 bits per heavy atom. The summed E-state index contributed by atoms with van der Waals surface area (Å²) in [5.74, 6) is 0.696. The molecule has 2 heterocycles. The molecule has 2 aromatic heterocycles. The molecule has 6 heteroatoms. The Balaban J connectivity index is 1.96. The van der Waals surface area contributed by atoms with Crippen LogP contribution in [0.15, 0.2) is 61.1 Å². The number of aliphatic hydroxyl groups is 1. The fourth-order valence-corrected chi connectivity index (χ4v) is 3.38. The van der Waals surface area contributed by atoms with Gasteiger partial charge in [-0.15, -0.1) is 0 Å². The van der Waals surface area contributed by atoms with Gasteiger partial charge in [0.1, 0.15) is 12.1 Å². The predicted molar refractivity (Wildman–Crippen MR) is 114 cm³/mol. The molecule has 5 nitrogen and oxygen atoms in total. The maximum Gasteiger partial charge on any atom is 0.150 e. The van der Waals surface area contributed by atoms with Crippen LogP contribution in [-0.4, -0.2) is 32.3 Å². The molecule has 4 aromatic rings. The molecule has 0 aliphatic heterocycles. The monoisotopic (exact) mass is 392 g/mol. The van der Waals surface area contributed by atoms with Crippen LogP contribution in [0.25, 0.3) is 27.8 Å². The molecule has 1 atom stereocenters. The normalized spacial score (nSPS) is 12.3. The van der Waals surface area contributed by atoms with Crippen LogP contribution in [0.3, 0.4) is 0 Å². The van der Waals surface area contributed by atoms with Gasteiger partial charge in [0.05, 0.1) is 11.5 Å². The van der Waals surface area contributed by atoms with Crippen LogP contribution in [0.4, 0.5) is 5.82 Å². The maximum atomic E-state index is 9.69. The molecule has 0 amide bonds. The van der Waals surface area contributed by atoms with Crippen LogP contribution in [-0.2, 0) is 0 Å². The fraction of sp³-hybridized carbons (Fsp3) is 0.182. The lowest BCUT2D eigenvalue weighted by Crippen LogP contribution is -2.16. The van der Waals surface area contributed by atoms with E-state index in [2.05, 4.69) is 33.6 Å². The molecule has 2 N–H and O–H groups in total. The molecule has 0 unspecified atom stereocenters. The number of rotatable bonds is 5. The third-order valence-electron chi connectivity index (χ3n) is 4.67. The number of halogens is 1. The van der Waals surface area contributed by atoms with E-state index in [-0.39, 0.29) is 0 Å². The van der Waals surface area contributed by atoms with E-state index in [0.29, 0.717) is 17.4 Å². The molecule has 142 valence electrons. The van der Waals surface area contributed by atoms with E-state index in [1.807, 2.05) is 47.9 Å². The fourth-order valence-electron chi connectivity index (χ4n) is 3.21. The van der Waals surface area contributed by atoms with E-state index in [1.165, 1.54) is 6.33 Å². The molecule has 0 spiro atoms. The van der Waals surface area contributed by atoms with Gasteiger partial charge >= 0.3 is 0 Å². The van der Waals surface area contributed by atoms with Gasteiger partial charge in [-0.05, 0) is 37.1 Å². The first-order valence-electron chi connectivity index (χ1n) is 9.14. The van der Waals surface area contributed by atoms with Gasteiger partial charge in [-0.25, -0.2) is 9.97 Å². The van der Waals surface area contributed by atoms with Crippen molar-refractivity contribution in [1.29, 1.82) is 0 Å². The molecule has 0 radical (unpaired) electrons. The minimum atomic E-state index is -0.483. The van der Waals surface area contributed by atoms with Crippen molar-refractivity contribution in [3.63, 3.8) is 0 Å². The Labute approximate surface area is 168 Å². The molecule has 28 heavy (non-hydrogen) atoms. The van der Waals surface area contributed by atoms with Crippen molar-refractivity contribution in [3.8, 4) is 16.8 Å². The number of fused-ring (bicyclic) bond motifs is 1. The summed E-state index contributed by atoms with van der Waals surface area (Å²) >= 11 is 6.37. The summed E-state index contributed by atoms with van der Waals surface area (Å²) in [6.45, 7) is 4.13. The zero-order chi connectivity index (χ0) is 19.7. The highest BCUT2D eigenvalue weighted by Gasteiger charge is 2.17. The Bertz CT molecular complexity index is 1120. The van der Waals surface area contributed by atoms with Gasteiger partial charge in [-0.2, -0.15) is 0 Å². The standard InChI is InChI=1S/C22H21ClN4O/c1-14-8-9-17(10-19(14)23)27-12-18(16-6-4-3-5-7-16)20-21(24-11-15(2)28)25-13-26-22(20)27/h3-10,12-13,15,28H,11H2,1-2H3,(H,24,25,26)/t15-/m0/s1. The molecule has 4 rings (SSSR count). The number of aromatic nitrogens is 3. The second kappa shape index (κ2) is 7.62. The minimum Gasteiger partial charge on any atom is -0.392 e. The van der Waals surface area contributed by atoms with Crippen molar-refractivity contribution < 1.29 is 5.11 Å². The molecule has 0 saturated heterocycles. The number of hydrogen-bond donors (Lipinski definition) is 2. The first-order chi connectivity index (χ1) is 13.5. The average Bonchev–Trinajstić information content (AvgIpc) is 3.09. The Kier molecular flexibility index (Phi) is 5.03. The molecule has 0 aliphatic carbocycles. The van der Waals surface area contributed by atoms with Gasteiger partial charge in [0.25, 0.3) is 0 Å². The summed E-state index contributed by atoms with van der Waals surface area (Å²) in [5, 5.41) is 14.5. The van der Waals surface area contributed by atoms with Crippen molar-refractivity contribution in [2.75, 3.05) is 11.9 Å². The lowest BCUT2D eigenvalue weighted by atomic mass is 10.1. The lowest BCUT2D eigenvalue weighted by molar-refractivity contribution is 0.208. The molecule has 0 aliphatic rings. The first-order valence-corrected chi connectivity index (χ1v) is 9.52. The van der Waals surface area contributed by atoms with Crippen LogP contribution in [0.5, 0.6) is 0 Å². The van der Waals surface area contributed by atoms with Gasteiger partial charge < -0.3 is 15.0 Å². The largest absolute Gasteiger partial charge is 0.392 e.